The van der Waals surface area contributed by atoms with Gasteiger partial charge in [0.15, 0.2) is 0 Å². The molecule has 1 N–H and O–H groups in total. The van der Waals surface area contributed by atoms with Crippen LogP contribution in [0.4, 0.5) is 11.4 Å². The van der Waals surface area contributed by atoms with E-state index in [-0.39, 0.29) is 17.0 Å². The topological polar surface area (TPSA) is 102 Å². The van der Waals surface area contributed by atoms with E-state index < -0.39 is 10.9 Å². The molecule has 27 heavy (non-hydrogen) atoms. The lowest BCUT2D eigenvalue weighted by Crippen LogP contribution is -2.10. The van der Waals surface area contributed by atoms with Crippen LogP contribution < -0.4 is 0 Å². The lowest BCUT2D eigenvalue weighted by molar-refractivity contribution is -0.384. The van der Waals surface area contributed by atoms with Gasteiger partial charge in [0, 0.05) is 12.1 Å². The summed E-state index contributed by atoms with van der Waals surface area (Å²) in [5.74, 6) is -0.981. The summed E-state index contributed by atoms with van der Waals surface area (Å²) >= 11 is 1.09. The van der Waals surface area contributed by atoms with Crippen LogP contribution in [0.5, 0.6) is 0 Å². The SMILES string of the molecule is COC(=O)C1=C(O)/C(=C/c2cccc([N+](=O)[O-])c2)SC1=Nc1ccccc1. The number of benzene rings is 2. The summed E-state index contributed by atoms with van der Waals surface area (Å²) in [6.07, 6.45) is 1.56. The molecule has 0 aliphatic carbocycles. The highest BCUT2D eigenvalue weighted by Crippen LogP contribution is 2.40. The second-order valence-corrected chi connectivity index (χ2v) is 6.46. The van der Waals surface area contributed by atoms with Crippen molar-refractivity contribution in [3.63, 3.8) is 0 Å². The number of nitro groups is 1. The summed E-state index contributed by atoms with van der Waals surface area (Å²) in [7, 11) is 1.22. The van der Waals surface area contributed by atoms with Gasteiger partial charge < -0.3 is 9.84 Å². The van der Waals surface area contributed by atoms with Gasteiger partial charge in [-0.3, -0.25) is 10.1 Å². The van der Waals surface area contributed by atoms with Crippen molar-refractivity contribution < 1.29 is 19.6 Å². The summed E-state index contributed by atoms with van der Waals surface area (Å²) in [5, 5.41) is 21.7. The number of aliphatic hydroxyl groups excluding tert-OH is 1. The molecule has 0 amide bonds. The third kappa shape index (κ3) is 4.06. The smallest absolute Gasteiger partial charge is 0.344 e. The summed E-state index contributed by atoms with van der Waals surface area (Å²) in [4.78, 5) is 27.3. The van der Waals surface area contributed by atoms with Crippen molar-refractivity contribution in [2.45, 2.75) is 0 Å². The maximum Gasteiger partial charge on any atom is 0.344 e. The van der Waals surface area contributed by atoms with Gasteiger partial charge in [-0.1, -0.05) is 42.1 Å². The predicted octanol–water partition coefficient (Wildman–Crippen LogP) is 4.40. The first-order valence-corrected chi connectivity index (χ1v) is 8.61. The van der Waals surface area contributed by atoms with E-state index in [4.69, 9.17) is 4.74 Å². The number of esters is 1. The molecule has 0 aromatic heterocycles. The zero-order valence-electron chi connectivity index (χ0n) is 14.2. The third-order valence-corrected chi connectivity index (χ3v) is 4.67. The molecule has 0 radical (unpaired) electrons. The number of methoxy groups -OCH3 is 1. The molecule has 2 aromatic carbocycles. The van der Waals surface area contributed by atoms with E-state index >= 15 is 0 Å². The number of carbonyl (C=O) groups excluding carboxylic acids is 1. The Kier molecular flexibility index (Phi) is 5.37. The van der Waals surface area contributed by atoms with Gasteiger partial charge in [0.25, 0.3) is 5.69 Å². The molecule has 1 aliphatic heterocycles. The highest BCUT2D eigenvalue weighted by Gasteiger charge is 2.33. The fourth-order valence-electron chi connectivity index (χ4n) is 2.39. The van der Waals surface area contributed by atoms with Crippen LogP contribution >= 0.6 is 11.8 Å². The van der Waals surface area contributed by atoms with Crippen LogP contribution in [0.25, 0.3) is 6.08 Å². The summed E-state index contributed by atoms with van der Waals surface area (Å²) in [5.41, 5.74) is 1.03. The van der Waals surface area contributed by atoms with Crippen LogP contribution in [0, 0.1) is 10.1 Å². The quantitative estimate of drug-likeness (QED) is 0.478. The average Bonchev–Trinajstić information content (AvgIpc) is 2.97. The summed E-state index contributed by atoms with van der Waals surface area (Å²) in [6, 6.07) is 15.0. The Balaban J connectivity index is 2.04. The van der Waals surface area contributed by atoms with Gasteiger partial charge in [0.1, 0.15) is 16.4 Å². The predicted molar refractivity (Wildman–Crippen MR) is 104 cm³/mol. The zero-order chi connectivity index (χ0) is 19.4. The first kappa shape index (κ1) is 18.4. The molecule has 0 bridgehead atoms. The average molecular weight is 382 g/mol. The van der Waals surface area contributed by atoms with E-state index in [1.807, 2.05) is 6.07 Å². The molecule has 0 saturated heterocycles. The van der Waals surface area contributed by atoms with Gasteiger partial charge in [0.2, 0.25) is 0 Å². The lowest BCUT2D eigenvalue weighted by atomic mass is 10.1. The Morgan fingerprint density at radius 1 is 1.22 bits per heavy atom. The Labute approximate surface area is 158 Å². The molecule has 136 valence electrons. The minimum absolute atomic E-state index is 0.0389. The normalized spacial score (nSPS) is 16.8. The largest absolute Gasteiger partial charge is 0.506 e. The lowest BCUT2D eigenvalue weighted by Gasteiger charge is -2.01. The van der Waals surface area contributed by atoms with Gasteiger partial charge in [-0.25, -0.2) is 9.79 Å². The van der Waals surface area contributed by atoms with Crippen LogP contribution in [0.2, 0.25) is 0 Å². The number of non-ortho nitro benzene ring substituents is 1. The number of nitro benzene ring substituents is 1. The Morgan fingerprint density at radius 2 is 1.96 bits per heavy atom. The van der Waals surface area contributed by atoms with Crippen LogP contribution in [0.3, 0.4) is 0 Å². The third-order valence-electron chi connectivity index (χ3n) is 3.65. The van der Waals surface area contributed by atoms with Crippen molar-refractivity contribution in [3.8, 4) is 0 Å². The minimum Gasteiger partial charge on any atom is -0.506 e. The maximum absolute atomic E-state index is 12.1. The van der Waals surface area contributed by atoms with E-state index in [0.717, 1.165) is 11.8 Å². The number of hydrogen-bond acceptors (Lipinski definition) is 7. The fourth-order valence-corrected chi connectivity index (χ4v) is 3.43. The second kappa shape index (κ2) is 7.88. The molecule has 0 unspecified atom stereocenters. The van der Waals surface area contributed by atoms with Gasteiger partial charge in [0.05, 0.1) is 22.6 Å². The molecule has 1 aliphatic rings. The van der Waals surface area contributed by atoms with Crippen molar-refractivity contribution in [2.75, 3.05) is 7.11 Å². The zero-order valence-corrected chi connectivity index (χ0v) is 15.0. The van der Waals surface area contributed by atoms with Crippen molar-refractivity contribution in [1.29, 1.82) is 0 Å². The highest BCUT2D eigenvalue weighted by molar-refractivity contribution is 8.18. The first-order chi connectivity index (χ1) is 13.0. The molecule has 2 aromatic rings. The number of nitrogens with zero attached hydrogens (tertiary/aromatic N) is 2. The van der Waals surface area contributed by atoms with Crippen LogP contribution in [-0.2, 0) is 9.53 Å². The Bertz CT molecular complexity index is 996. The Hall–Kier alpha value is -3.39. The molecule has 8 heteroatoms. The van der Waals surface area contributed by atoms with Crippen molar-refractivity contribution in [2.24, 2.45) is 4.99 Å². The Morgan fingerprint density at radius 3 is 2.63 bits per heavy atom. The minimum atomic E-state index is -0.711. The first-order valence-electron chi connectivity index (χ1n) is 7.79. The van der Waals surface area contributed by atoms with Crippen molar-refractivity contribution in [3.05, 3.63) is 86.5 Å². The molecule has 3 rings (SSSR count). The van der Waals surface area contributed by atoms with Gasteiger partial charge in [-0.2, -0.15) is 0 Å². The molecule has 0 fully saturated rings. The number of rotatable bonds is 4. The molecular weight excluding hydrogens is 368 g/mol. The number of para-hydroxylation sites is 1. The van der Waals surface area contributed by atoms with E-state index in [2.05, 4.69) is 4.99 Å². The van der Waals surface area contributed by atoms with E-state index in [0.29, 0.717) is 21.2 Å². The molecule has 0 atom stereocenters. The molecular formula is C19H14N2O5S. The van der Waals surface area contributed by atoms with Gasteiger partial charge >= 0.3 is 5.97 Å². The number of aliphatic imine (C=N–C) groups is 1. The van der Waals surface area contributed by atoms with Gasteiger partial charge in [-0.05, 0) is 23.8 Å². The summed E-state index contributed by atoms with van der Waals surface area (Å²) in [6.45, 7) is 0. The standard InChI is InChI=1S/C19H14N2O5S/c1-26-19(23)16-17(22)15(11-12-6-5-9-14(10-12)21(24)25)27-18(16)20-13-7-3-2-4-8-13/h2-11,22H,1H3/b15-11-,20-18?. The van der Waals surface area contributed by atoms with E-state index in [1.54, 1.807) is 42.5 Å². The highest BCUT2D eigenvalue weighted by atomic mass is 32.2. The fraction of sp³-hybridized carbons (Fsp3) is 0.0526. The number of carbonyl (C=O) groups is 1. The number of ether oxygens (including phenoxy) is 1. The van der Waals surface area contributed by atoms with Crippen LogP contribution in [0.1, 0.15) is 5.56 Å². The number of thioether (sulfide) groups is 1. The monoisotopic (exact) mass is 382 g/mol. The van der Waals surface area contributed by atoms with Crippen LogP contribution in [-0.4, -0.2) is 28.2 Å². The molecule has 1 heterocycles. The van der Waals surface area contributed by atoms with Crippen LogP contribution in [0.15, 0.2) is 75.8 Å². The number of hydrogen-bond donors (Lipinski definition) is 1. The molecule has 0 saturated carbocycles. The van der Waals surface area contributed by atoms with Crippen molar-refractivity contribution in [1.82, 2.24) is 0 Å². The van der Waals surface area contributed by atoms with Crippen molar-refractivity contribution >= 4 is 40.2 Å². The number of aliphatic hydroxyl groups is 1. The molecule has 7 nitrogen and oxygen atoms in total. The maximum atomic E-state index is 12.1. The van der Waals surface area contributed by atoms with E-state index in [9.17, 15) is 20.0 Å². The molecule has 0 spiro atoms. The van der Waals surface area contributed by atoms with Gasteiger partial charge in [-0.15, -0.1) is 0 Å². The van der Waals surface area contributed by atoms with E-state index in [1.165, 1.54) is 19.2 Å². The summed E-state index contributed by atoms with van der Waals surface area (Å²) < 4.78 is 4.75. The second-order valence-electron chi connectivity index (χ2n) is 5.43.